The van der Waals surface area contributed by atoms with E-state index < -0.39 is 0 Å². The second kappa shape index (κ2) is 4.55. The summed E-state index contributed by atoms with van der Waals surface area (Å²) in [5.41, 5.74) is 0. The largest absolute Gasteiger partial charge is 0.334 e. The van der Waals surface area contributed by atoms with Gasteiger partial charge < -0.3 is 4.57 Å². The Morgan fingerprint density at radius 2 is 2.24 bits per heavy atom. The summed E-state index contributed by atoms with van der Waals surface area (Å²) in [4.78, 5) is 5.31. The van der Waals surface area contributed by atoms with Gasteiger partial charge in [0.1, 0.15) is 0 Å². The minimum atomic E-state index is 0.869. The van der Waals surface area contributed by atoms with Crippen LogP contribution in [-0.2, 0) is 6.54 Å². The molecule has 0 amide bonds. The topological polar surface area (TPSA) is 17.8 Å². The Morgan fingerprint density at radius 1 is 1.29 bits per heavy atom. The third-order valence-electron chi connectivity index (χ3n) is 2.60. The first kappa shape index (κ1) is 10.3. The van der Waals surface area contributed by atoms with Crippen LogP contribution in [-0.4, -0.2) is 9.55 Å². The van der Waals surface area contributed by atoms with Crippen molar-refractivity contribution in [2.45, 2.75) is 6.54 Å². The summed E-state index contributed by atoms with van der Waals surface area (Å²) in [5, 5.41) is 1.32. The number of imidazole rings is 1. The number of aromatic nitrogens is 2. The maximum atomic E-state index is 4.01. The highest BCUT2D eigenvalue weighted by Crippen LogP contribution is 2.26. The van der Waals surface area contributed by atoms with E-state index >= 15 is 0 Å². The van der Waals surface area contributed by atoms with Gasteiger partial charge in [-0.3, -0.25) is 0 Å². The summed E-state index contributed by atoms with van der Waals surface area (Å²) in [6, 6.07) is 10.7. The molecule has 0 unspecified atom stereocenters. The Hall–Kier alpha value is -1.87. The van der Waals surface area contributed by atoms with Gasteiger partial charge in [-0.1, -0.05) is 24.3 Å². The van der Waals surface area contributed by atoms with Crippen molar-refractivity contribution in [2.24, 2.45) is 0 Å². The highest BCUT2D eigenvalue weighted by atomic mass is 32.1. The van der Waals surface area contributed by atoms with E-state index in [1.165, 1.54) is 15.0 Å². The van der Waals surface area contributed by atoms with E-state index in [2.05, 4.69) is 47.5 Å². The van der Waals surface area contributed by atoms with E-state index in [9.17, 15) is 0 Å². The fourth-order valence-corrected chi connectivity index (χ4v) is 2.77. The zero-order valence-corrected chi connectivity index (χ0v) is 10.1. The molecule has 0 saturated carbocycles. The lowest BCUT2D eigenvalue weighted by molar-refractivity contribution is 0.823. The number of benzene rings is 1. The SMILES string of the molecule is C(=Cc1cc2ccccc2s1)Cn1ccnc1. The Bertz CT molecular complexity index is 602. The first-order valence-electron chi connectivity index (χ1n) is 5.53. The van der Waals surface area contributed by atoms with Crippen LogP contribution in [0.1, 0.15) is 4.88 Å². The lowest BCUT2D eigenvalue weighted by Gasteiger charge is -1.92. The summed E-state index contributed by atoms with van der Waals surface area (Å²) in [6.07, 6.45) is 9.93. The molecule has 0 N–H and O–H groups in total. The van der Waals surface area contributed by atoms with Crippen molar-refractivity contribution in [3.05, 3.63) is 60.0 Å². The molecule has 3 aromatic rings. The number of thiophene rings is 1. The van der Waals surface area contributed by atoms with Gasteiger partial charge in [-0.25, -0.2) is 4.98 Å². The molecule has 0 fully saturated rings. The van der Waals surface area contributed by atoms with Crippen LogP contribution in [0.25, 0.3) is 16.2 Å². The Kier molecular flexibility index (Phi) is 2.76. The van der Waals surface area contributed by atoms with Crippen molar-refractivity contribution in [2.75, 3.05) is 0 Å². The van der Waals surface area contributed by atoms with Crippen molar-refractivity contribution in [3.63, 3.8) is 0 Å². The quantitative estimate of drug-likeness (QED) is 0.680. The van der Waals surface area contributed by atoms with E-state index in [4.69, 9.17) is 0 Å². The predicted octanol–water partition coefficient (Wildman–Crippen LogP) is 3.81. The first-order valence-corrected chi connectivity index (χ1v) is 6.34. The molecule has 2 nitrogen and oxygen atoms in total. The van der Waals surface area contributed by atoms with Crippen LogP contribution in [0.15, 0.2) is 55.1 Å². The lowest BCUT2D eigenvalue weighted by Crippen LogP contribution is -1.88. The normalized spacial score (nSPS) is 11.5. The van der Waals surface area contributed by atoms with E-state index in [0.717, 1.165) is 6.54 Å². The molecule has 0 atom stereocenters. The fraction of sp³-hybridized carbons (Fsp3) is 0.0714. The van der Waals surface area contributed by atoms with Crippen LogP contribution in [0, 0.1) is 0 Å². The fourth-order valence-electron chi connectivity index (χ4n) is 1.77. The number of rotatable bonds is 3. The minimum Gasteiger partial charge on any atom is -0.334 e. The Labute approximate surface area is 104 Å². The average molecular weight is 240 g/mol. The third-order valence-corrected chi connectivity index (χ3v) is 3.68. The molecule has 1 aromatic carbocycles. The van der Waals surface area contributed by atoms with Gasteiger partial charge in [-0.05, 0) is 23.6 Å². The summed E-state index contributed by atoms with van der Waals surface area (Å²) in [5.74, 6) is 0. The van der Waals surface area contributed by atoms with Gasteiger partial charge in [0.05, 0.1) is 6.33 Å². The minimum absolute atomic E-state index is 0.869. The summed E-state index contributed by atoms with van der Waals surface area (Å²) >= 11 is 1.82. The maximum absolute atomic E-state index is 4.01. The van der Waals surface area contributed by atoms with E-state index in [1.807, 2.05) is 28.4 Å². The van der Waals surface area contributed by atoms with Crippen LogP contribution >= 0.6 is 11.3 Å². The first-order chi connectivity index (χ1) is 8.42. The molecule has 0 bridgehead atoms. The van der Waals surface area contributed by atoms with Gasteiger partial charge in [-0.15, -0.1) is 11.3 Å². The Balaban J connectivity index is 1.78. The molecular formula is C14H12N2S. The second-order valence-electron chi connectivity index (χ2n) is 3.85. The van der Waals surface area contributed by atoms with Gasteiger partial charge >= 0.3 is 0 Å². The molecule has 2 aromatic heterocycles. The zero-order chi connectivity index (χ0) is 11.5. The van der Waals surface area contributed by atoms with Crippen LogP contribution in [0.2, 0.25) is 0 Å². The third kappa shape index (κ3) is 2.29. The second-order valence-corrected chi connectivity index (χ2v) is 4.96. The number of hydrogen-bond acceptors (Lipinski definition) is 2. The smallest absolute Gasteiger partial charge is 0.0948 e. The molecule has 0 spiro atoms. The number of hydrogen-bond donors (Lipinski definition) is 0. The van der Waals surface area contributed by atoms with Gasteiger partial charge in [0, 0.05) is 28.5 Å². The van der Waals surface area contributed by atoms with Crippen molar-refractivity contribution in [1.82, 2.24) is 9.55 Å². The van der Waals surface area contributed by atoms with Gasteiger partial charge in [-0.2, -0.15) is 0 Å². The predicted molar refractivity (Wildman–Crippen MR) is 73.1 cm³/mol. The number of fused-ring (bicyclic) bond motifs is 1. The van der Waals surface area contributed by atoms with Gasteiger partial charge in [0.2, 0.25) is 0 Å². The summed E-state index contributed by atoms with van der Waals surface area (Å²) in [7, 11) is 0. The molecule has 84 valence electrons. The van der Waals surface area contributed by atoms with Crippen LogP contribution in [0.5, 0.6) is 0 Å². The lowest BCUT2D eigenvalue weighted by atomic mass is 10.2. The van der Waals surface area contributed by atoms with E-state index in [1.54, 1.807) is 6.20 Å². The highest BCUT2D eigenvalue weighted by molar-refractivity contribution is 7.19. The molecule has 17 heavy (non-hydrogen) atoms. The molecule has 0 radical (unpaired) electrons. The monoisotopic (exact) mass is 240 g/mol. The van der Waals surface area contributed by atoms with Gasteiger partial charge in [0.25, 0.3) is 0 Å². The summed E-state index contributed by atoms with van der Waals surface area (Å²) in [6.45, 7) is 0.869. The molecular weight excluding hydrogens is 228 g/mol. The zero-order valence-electron chi connectivity index (χ0n) is 9.28. The standard InChI is InChI=1S/C14H12N2S/c1-2-6-14-12(4-1)10-13(17-14)5-3-8-16-9-7-15-11-16/h1-7,9-11H,8H2. The molecule has 2 heterocycles. The number of allylic oxidation sites excluding steroid dienone is 1. The Morgan fingerprint density at radius 3 is 3.06 bits per heavy atom. The molecule has 3 rings (SSSR count). The molecule has 3 heteroatoms. The average Bonchev–Trinajstić information content (AvgIpc) is 2.96. The number of nitrogens with zero attached hydrogens (tertiary/aromatic N) is 2. The van der Waals surface area contributed by atoms with Crippen LogP contribution in [0.3, 0.4) is 0 Å². The van der Waals surface area contributed by atoms with Crippen molar-refractivity contribution >= 4 is 27.5 Å². The van der Waals surface area contributed by atoms with Crippen molar-refractivity contribution in [1.29, 1.82) is 0 Å². The summed E-state index contributed by atoms with van der Waals surface area (Å²) < 4.78 is 3.39. The molecule has 0 aliphatic heterocycles. The van der Waals surface area contributed by atoms with Crippen LogP contribution in [0.4, 0.5) is 0 Å². The molecule has 0 aliphatic carbocycles. The molecule has 0 saturated heterocycles. The molecule has 0 aliphatic rings. The van der Waals surface area contributed by atoms with Crippen molar-refractivity contribution < 1.29 is 0 Å². The van der Waals surface area contributed by atoms with Crippen molar-refractivity contribution in [3.8, 4) is 0 Å². The highest BCUT2D eigenvalue weighted by Gasteiger charge is 1.96. The van der Waals surface area contributed by atoms with Gasteiger partial charge in [0.15, 0.2) is 0 Å². The maximum Gasteiger partial charge on any atom is 0.0948 e. The van der Waals surface area contributed by atoms with Crippen LogP contribution < -0.4 is 0 Å². The van der Waals surface area contributed by atoms with E-state index in [-0.39, 0.29) is 0 Å². The van der Waals surface area contributed by atoms with E-state index in [0.29, 0.717) is 0 Å².